The Morgan fingerprint density at radius 1 is 0.780 bits per heavy atom. The Kier molecular flexibility index (Phi) is 8.91. The lowest BCUT2D eigenvalue weighted by molar-refractivity contribution is 0.154. The van der Waals surface area contributed by atoms with E-state index >= 15 is 0 Å². The van der Waals surface area contributed by atoms with E-state index in [-0.39, 0.29) is 5.41 Å². The number of para-hydroxylation sites is 1. The molecule has 0 atom stereocenters. The lowest BCUT2D eigenvalue weighted by Crippen LogP contribution is -2.41. The van der Waals surface area contributed by atoms with Gasteiger partial charge in [-0.2, -0.15) is 8.88 Å². The summed E-state index contributed by atoms with van der Waals surface area (Å²) >= 11 is 0. The fourth-order valence-electron chi connectivity index (χ4n) is 7.29. The van der Waals surface area contributed by atoms with E-state index in [4.69, 9.17) is 4.42 Å². The summed E-state index contributed by atoms with van der Waals surface area (Å²) in [4.78, 5) is 2.45. The largest absolute Gasteiger partial charge is 0.456 e. The molecule has 7 heteroatoms. The van der Waals surface area contributed by atoms with Crippen molar-refractivity contribution in [2.45, 2.75) is 45.4 Å². The Balaban J connectivity index is 1.43. The van der Waals surface area contributed by atoms with Crippen LogP contribution in [-0.4, -0.2) is 39.9 Å². The number of piperidine rings is 1. The van der Waals surface area contributed by atoms with Gasteiger partial charge in [0.2, 0.25) is 21.1 Å². The molecule has 0 aromatic heterocycles. The van der Waals surface area contributed by atoms with Gasteiger partial charge < -0.3 is 9.32 Å². The predicted molar refractivity (Wildman–Crippen MR) is 206 cm³/mol. The number of hydrogen-bond acceptors (Lipinski definition) is 4. The summed E-state index contributed by atoms with van der Waals surface area (Å²) in [6, 6.07) is 38.5. The molecule has 7 rings (SSSR count). The number of sulfonamides is 1. The van der Waals surface area contributed by atoms with Gasteiger partial charge in [0, 0.05) is 77.9 Å². The highest BCUT2D eigenvalue weighted by atomic mass is 32.2. The van der Waals surface area contributed by atoms with Crippen molar-refractivity contribution in [2.75, 3.05) is 32.1 Å². The summed E-state index contributed by atoms with van der Waals surface area (Å²) < 4.78 is 39.6. The van der Waals surface area contributed by atoms with E-state index in [9.17, 15) is 8.42 Å². The monoisotopic (exact) mass is 684 g/mol. The second-order valence-electron chi connectivity index (χ2n) is 14.7. The van der Waals surface area contributed by atoms with Gasteiger partial charge in [-0.15, -0.1) is 0 Å². The summed E-state index contributed by atoms with van der Waals surface area (Å²) in [6.07, 6.45) is 1.71. The van der Waals surface area contributed by atoms with Crippen molar-refractivity contribution in [1.29, 1.82) is 0 Å². The number of aryl methyl sites for hydroxylation is 1. The predicted octanol–water partition coefficient (Wildman–Crippen LogP) is 9.46. The molecule has 0 amide bonds. The Bertz CT molecular complexity index is 2310. The minimum atomic E-state index is -3.78. The first-order chi connectivity index (χ1) is 23.9. The molecule has 4 aromatic carbocycles. The highest BCUT2D eigenvalue weighted by Crippen LogP contribution is 2.44. The SMILES string of the molecule is Cc1ccc(/[N+](C)=c2\ccc3c(-c4ccccc4S(=O)(=O)N4CCC(C(C)(C)C)CC4)c4ccc(N(C)c5ccccc5)cc4oc-3c2)cc1. The molecule has 0 unspecified atom stereocenters. The van der Waals surface area contributed by atoms with E-state index in [0.717, 1.165) is 51.8 Å². The summed E-state index contributed by atoms with van der Waals surface area (Å²) in [5.41, 5.74) is 7.51. The molecule has 6 nitrogen and oxygen atoms in total. The Morgan fingerprint density at radius 2 is 1.46 bits per heavy atom. The molecular formula is C43H46N3O3S+. The smallest absolute Gasteiger partial charge is 0.243 e. The van der Waals surface area contributed by atoms with Crippen LogP contribution < -0.4 is 14.8 Å². The quantitative estimate of drug-likeness (QED) is 0.130. The van der Waals surface area contributed by atoms with Crippen LogP contribution in [0.3, 0.4) is 0 Å². The Labute approximate surface area is 296 Å². The maximum Gasteiger partial charge on any atom is 0.243 e. The molecule has 2 heterocycles. The number of fused-ring (bicyclic) bond motifs is 2. The van der Waals surface area contributed by atoms with Crippen LogP contribution in [0.1, 0.15) is 39.2 Å². The number of nitrogens with zero attached hydrogens (tertiary/aromatic N) is 3. The maximum atomic E-state index is 14.5. The number of benzene rings is 5. The topological polar surface area (TPSA) is 56.8 Å². The maximum absolute atomic E-state index is 14.5. The normalized spacial score (nSPS) is 15.4. The van der Waals surface area contributed by atoms with Gasteiger partial charge in [0.15, 0.2) is 0 Å². The first-order valence-electron chi connectivity index (χ1n) is 17.4. The highest BCUT2D eigenvalue weighted by molar-refractivity contribution is 7.89. The Hall–Kier alpha value is -4.72. The van der Waals surface area contributed by atoms with Crippen LogP contribution in [-0.2, 0) is 10.0 Å². The minimum Gasteiger partial charge on any atom is -0.456 e. The van der Waals surface area contributed by atoms with E-state index in [1.54, 1.807) is 10.4 Å². The zero-order valence-electron chi connectivity index (χ0n) is 29.9. The minimum absolute atomic E-state index is 0.152. The molecule has 2 aliphatic heterocycles. The number of anilines is 2. The van der Waals surface area contributed by atoms with Crippen molar-refractivity contribution in [3.8, 4) is 22.5 Å². The van der Waals surface area contributed by atoms with Crippen LogP contribution in [0.4, 0.5) is 17.1 Å². The molecule has 0 spiro atoms. The van der Waals surface area contributed by atoms with Crippen molar-refractivity contribution in [1.82, 2.24) is 8.88 Å². The van der Waals surface area contributed by atoms with E-state index < -0.39 is 10.0 Å². The molecule has 256 valence electrons. The van der Waals surface area contributed by atoms with Crippen LogP contribution in [0.25, 0.3) is 33.4 Å². The van der Waals surface area contributed by atoms with Gasteiger partial charge in [0.05, 0.1) is 11.0 Å². The summed E-state index contributed by atoms with van der Waals surface area (Å²) in [6.45, 7) is 9.88. The van der Waals surface area contributed by atoms with Crippen molar-refractivity contribution in [2.24, 2.45) is 11.3 Å². The molecule has 0 N–H and O–H groups in total. The van der Waals surface area contributed by atoms with Crippen molar-refractivity contribution < 1.29 is 12.8 Å². The van der Waals surface area contributed by atoms with Gasteiger partial charge in [-0.3, -0.25) is 0 Å². The summed E-state index contributed by atoms with van der Waals surface area (Å²) in [5, 5.41) is 1.83. The van der Waals surface area contributed by atoms with E-state index in [1.807, 2.05) is 50.5 Å². The second-order valence-corrected chi connectivity index (χ2v) is 16.6. The molecule has 4 aromatic rings. The van der Waals surface area contributed by atoms with Gasteiger partial charge in [-0.05, 0) is 67.5 Å². The molecule has 1 aliphatic carbocycles. The fraction of sp³-hybridized carbons (Fsp3) is 0.279. The third kappa shape index (κ3) is 6.36. The molecule has 1 fully saturated rings. The zero-order chi connectivity index (χ0) is 35.2. The first kappa shape index (κ1) is 33.8. The molecule has 0 radical (unpaired) electrons. The molecule has 1 saturated heterocycles. The second kappa shape index (κ2) is 13.2. The summed E-state index contributed by atoms with van der Waals surface area (Å²) in [7, 11) is 0.307. The lowest BCUT2D eigenvalue weighted by Gasteiger charge is -2.38. The lowest BCUT2D eigenvalue weighted by atomic mass is 9.76. The molecule has 50 heavy (non-hydrogen) atoms. The van der Waals surface area contributed by atoms with Gasteiger partial charge in [0.25, 0.3) is 0 Å². The van der Waals surface area contributed by atoms with Crippen molar-refractivity contribution >= 4 is 38.1 Å². The van der Waals surface area contributed by atoms with Crippen LogP contribution in [0.15, 0.2) is 125 Å². The summed E-state index contributed by atoms with van der Waals surface area (Å²) in [5.74, 6) is 1.17. The van der Waals surface area contributed by atoms with E-state index in [1.165, 1.54) is 5.56 Å². The zero-order valence-corrected chi connectivity index (χ0v) is 30.7. The van der Waals surface area contributed by atoms with Gasteiger partial charge in [0.1, 0.15) is 18.4 Å². The number of hydrogen-bond donors (Lipinski definition) is 0. The van der Waals surface area contributed by atoms with Gasteiger partial charge >= 0.3 is 0 Å². The van der Waals surface area contributed by atoms with E-state index in [2.05, 4.69) is 110 Å². The number of rotatable bonds is 6. The Morgan fingerprint density at radius 3 is 2.16 bits per heavy atom. The molecular weight excluding hydrogens is 639 g/mol. The average Bonchev–Trinajstić information content (AvgIpc) is 3.13. The van der Waals surface area contributed by atoms with Gasteiger partial charge in [-0.1, -0.05) is 74.9 Å². The average molecular weight is 685 g/mol. The van der Waals surface area contributed by atoms with Crippen molar-refractivity contribution in [3.63, 3.8) is 0 Å². The van der Waals surface area contributed by atoms with Crippen LogP contribution in [0, 0.1) is 18.3 Å². The third-order valence-electron chi connectivity index (χ3n) is 10.5. The standard InChI is InChI=1S/C43H46N3O3S/c1-30-16-18-33(19-17-30)45(6)35-21-23-37-40(29-35)49-39-28-34(44(5)32-12-8-7-9-13-32)20-22-36(39)42(37)38-14-10-11-15-41(38)50(47,48)46-26-24-31(25-27-46)43(2,3)4/h7-23,28-29,31H,24-27H2,1-6H3/q+1. The van der Waals surface area contributed by atoms with Crippen molar-refractivity contribution in [3.05, 3.63) is 126 Å². The molecule has 0 bridgehead atoms. The third-order valence-corrected chi connectivity index (χ3v) is 12.4. The van der Waals surface area contributed by atoms with Crippen LogP contribution >= 0.6 is 0 Å². The van der Waals surface area contributed by atoms with Crippen LogP contribution in [0.5, 0.6) is 0 Å². The van der Waals surface area contributed by atoms with E-state index in [0.29, 0.717) is 40.8 Å². The fourth-order valence-corrected chi connectivity index (χ4v) is 8.96. The van der Waals surface area contributed by atoms with Crippen LogP contribution in [0.2, 0.25) is 0 Å². The highest BCUT2D eigenvalue weighted by Gasteiger charge is 2.35. The van der Waals surface area contributed by atoms with Gasteiger partial charge in [-0.25, -0.2) is 8.42 Å². The molecule has 0 saturated carbocycles. The molecule has 3 aliphatic rings. The first-order valence-corrected chi connectivity index (χ1v) is 18.9.